The molecular formula is C30H37F2N5O3S. The van der Waals surface area contributed by atoms with Crippen LogP contribution in [0, 0.1) is 11.6 Å². The summed E-state index contributed by atoms with van der Waals surface area (Å²) in [6.45, 7) is 3.33. The van der Waals surface area contributed by atoms with E-state index < -0.39 is 21.7 Å². The molecule has 11 heteroatoms. The number of aromatic nitrogens is 2. The number of hydrogen-bond donors (Lipinski definition) is 2. The number of carbonyl (C=O) groups excluding carboxylic acids is 1. The average Bonchev–Trinajstić information content (AvgIpc) is 3.38. The predicted molar refractivity (Wildman–Crippen MR) is 154 cm³/mol. The topological polar surface area (TPSA) is 96.3 Å². The maximum Gasteiger partial charge on any atom is 0.275 e. The number of imidazole rings is 1. The number of nitrogens with zero attached hydrogens (tertiary/aromatic N) is 3. The van der Waals surface area contributed by atoms with Crippen LogP contribution >= 0.6 is 0 Å². The molecule has 5 rings (SSSR count). The molecule has 0 radical (unpaired) electrons. The summed E-state index contributed by atoms with van der Waals surface area (Å²) in [5.41, 5.74) is 2.23. The third kappa shape index (κ3) is 6.85. The van der Waals surface area contributed by atoms with Gasteiger partial charge < -0.3 is 14.8 Å². The number of piperazine rings is 1. The van der Waals surface area contributed by atoms with Crippen LogP contribution in [0.3, 0.4) is 0 Å². The van der Waals surface area contributed by atoms with Crippen LogP contribution in [0.1, 0.15) is 61.1 Å². The van der Waals surface area contributed by atoms with E-state index >= 15 is 0 Å². The van der Waals surface area contributed by atoms with Crippen LogP contribution in [0.4, 0.5) is 8.78 Å². The Labute approximate surface area is 240 Å². The van der Waals surface area contributed by atoms with E-state index in [9.17, 15) is 22.0 Å². The van der Waals surface area contributed by atoms with Crippen LogP contribution in [0.2, 0.25) is 0 Å². The number of halogens is 2. The molecule has 2 aromatic carbocycles. The van der Waals surface area contributed by atoms with Gasteiger partial charge >= 0.3 is 0 Å². The molecule has 41 heavy (non-hydrogen) atoms. The van der Waals surface area contributed by atoms with Gasteiger partial charge in [-0.15, -0.1) is 0 Å². The minimum absolute atomic E-state index is 0.0645. The summed E-state index contributed by atoms with van der Waals surface area (Å²) < 4.78 is 58.2. The van der Waals surface area contributed by atoms with E-state index in [2.05, 4.69) is 15.0 Å². The van der Waals surface area contributed by atoms with Gasteiger partial charge in [0.1, 0.15) is 11.6 Å². The lowest BCUT2D eigenvalue weighted by Crippen LogP contribution is -2.54. The van der Waals surface area contributed by atoms with Crippen LogP contribution in [0.15, 0.2) is 54.9 Å². The molecule has 3 aromatic rings. The molecule has 0 spiro atoms. The summed E-state index contributed by atoms with van der Waals surface area (Å²) in [5.74, 6) is -1.49. The van der Waals surface area contributed by atoms with Crippen molar-refractivity contribution >= 4 is 15.9 Å². The highest BCUT2D eigenvalue weighted by atomic mass is 32.2. The maximum atomic E-state index is 14.2. The van der Waals surface area contributed by atoms with Crippen LogP contribution in [-0.4, -0.2) is 66.2 Å². The van der Waals surface area contributed by atoms with Crippen LogP contribution < -0.4 is 10.0 Å². The number of sulfonamides is 1. The Bertz CT molecular complexity index is 1440. The second-order valence-electron chi connectivity index (χ2n) is 10.9. The van der Waals surface area contributed by atoms with Crippen molar-refractivity contribution in [3.05, 3.63) is 77.8 Å². The first-order chi connectivity index (χ1) is 19.8. The zero-order valence-electron chi connectivity index (χ0n) is 23.2. The lowest BCUT2D eigenvalue weighted by atomic mass is 9.90. The molecule has 0 bridgehead atoms. The van der Waals surface area contributed by atoms with Crippen LogP contribution in [0.5, 0.6) is 0 Å². The first-order valence-electron chi connectivity index (χ1n) is 14.3. The fourth-order valence-corrected chi connectivity index (χ4v) is 7.53. The van der Waals surface area contributed by atoms with Crippen molar-refractivity contribution in [1.82, 2.24) is 24.5 Å². The lowest BCUT2D eigenvalue weighted by Gasteiger charge is -2.36. The second-order valence-corrected chi connectivity index (χ2v) is 12.8. The van der Waals surface area contributed by atoms with Crippen molar-refractivity contribution in [3.63, 3.8) is 0 Å². The molecule has 1 saturated carbocycles. The molecule has 2 aliphatic rings. The molecule has 1 saturated heterocycles. The minimum Gasteiger partial charge on any atom is -0.331 e. The summed E-state index contributed by atoms with van der Waals surface area (Å²) in [5, 5.41) is 3.29. The van der Waals surface area contributed by atoms with E-state index in [1.165, 1.54) is 12.1 Å². The average molecular weight is 586 g/mol. The van der Waals surface area contributed by atoms with Gasteiger partial charge in [0, 0.05) is 43.3 Å². The molecule has 2 heterocycles. The fraction of sp³-hybridized carbons (Fsp3) is 0.467. The highest BCUT2D eigenvalue weighted by Gasteiger charge is 2.35. The van der Waals surface area contributed by atoms with Gasteiger partial charge in [-0.05, 0) is 43.4 Å². The van der Waals surface area contributed by atoms with Gasteiger partial charge in [0.25, 0.3) is 5.91 Å². The minimum atomic E-state index is -3.44. The van der Waals surface area contributed by atoms with Gasteiger partial charge in [-0.25, -0.2) is 26.9 Å². The van der Waals surface area contributed by atoms with E-state index in [4.69, 9.17) is 0 Å². The molecule has 1 aromatic heterocycles. The molecule has 2 fully saturated rings. The summed E-state index contributed by atoms with van der Waals surface area (Å²) in [7, 11) is -3.44. The maximum absolute atomic E-state index is 14.2. The fourth-order valence-electron chi connectivity index (χ4n) is 6.14. The molecule has 1 aliphatic heterocycles. The molecule has 1 aliphatic carbocycles. The number of carbonyl (C=O) groups is 1. The molecular weight excluding hydrogens is 548 g/mol. The van der Waals surface area contributed by atoms with Gasteiger partial charge in [0.05, 0.1) is 23.8 Å². The molecule has 3 atom stereocenters. The van der Waals surface area contributed by atoms with Gasteiger partial charge in [0.15, 0.2) is 5.69 Å². The Balaban J connectivity index is 1.50. The second kappa shape index (κ2) is 12.8. The monoisotopic (exact) mass is 585 g/mol. The summed E-state index contributed by atoms with van der Waals surface area (Å²) in [6.07, 6.45) is 5.79. The van der Waals surface area contributed by atoms with Crippen molar-refractivity contribution in [2.75, 3.05) is 25.4 Å². The third-order valence-electron chi connectivity index (χ3n) is 7.94. The summed E-state index contributed by atoms with van der Waals surface area (Å²) >= 11 is 0. The van der Waals surface area contributed by atoms with E-state index in [0.717, 1.165) is 30.9 Å². The number of rotatable bonds is 9. The van der Waals surface area contributed by atoms with Crippen molar-refractivity contribution in [3.8, 4) is 11.3 Å². The highest BCUT2D eigenvalue weighted by molar-refractivity contribution is 7.89. The normalized spacial score (nSPS) is 21.6. The standard InChI is InChI=1S/C30H37F2N5O3S/c1-2-14-41(39,40)35-26-10-6-7-11-27(26)37-20-34-28(29(37)22-8-4-3-5-9-22)30(38)36-13-12-33-19-25(36)17-21-15-23(31)18-24(32)16-21/h3-5,8-9,15-16,18,20,25-27,33,35H,2,6-7,10-14,17,19H2,1H3/t25-,26?,27+/m1/s1. The van der Waals surface area contributed by atoms with E-state index in [1.807, 2.05) is 41.8 Å². The first-order valence-corrected chi connectivity index (χ1v) is 16.0. The SMILES string of the molecule is CCCS(=O)(=O)NC1CCCC[C@@H]1n1cnc(C(=O)N2CCNC[C@H]2Cc2cc(F)cc(F)c2)c1-c1ccccc1. The van der Waals surface area contributed by atoms with E-state index in [1.54, 1.807) is 11.2 Å². The lowest BCUT2D eigenvalue weighted by molar-refractivity contribution is 0.0631. The van der Waals surface area contributed by atoms with Crippen molar-refractivity contribution in [1.29, 1.82) is 0 Å². The van der Waals surface area contributed by atoms with Crippen molar-refractivity contribution < 1.29 is 22.0 Å². The molecule has 2 N–H and O–H groups in total. The number of hydrogen-bond acceptors (Lipinski definition) is 5. The zero-order valence-corrected chi connectivity index (χ0v) is 24.0. The third-order valence-corrected chi connectivity index (χ3v) is 9.55. The number of amides is 1. The zero-order chi connectivity index (χ0) is 29.0. The molecule has 220 valence electrons. The number of benzene rings is 2. The van der Waals surface area contributed by atoms with E-state index in [-0.39, 0.29) is 35.5 Å². The van der Waals surface area contributed by atoms with Gasteiger partial charge in [-0.2, -0.15) is 0 Å². The summed E-state index contributed by atoms with van der Waals surface area (Å²) in [6, 6.07) is 12.1. The molecule has 8 nitrogen and oxygen atoms in total. The van der Waals surface area contributed by atoms with Gasteiger partial charge in [-0.1, -0.05) is 50.1 Å². The Morgan fingerprint density at radius 1 is 1.10 bits per heavy atom. The van der Waals surface area contributed by atoms with Gasteiger partial charge in [0.2, 0.25) is 10.0 Å². The van der Waals surface area contributed by atoms with Crippen LogP contribution in [0.25, 0.3) is 11.3 Å². The highest BCUT2D eigenvalue weighted by Crippen LogP contribution is 2.35. The number of nitrogens with one attached hydrogen (secondary N) is 2. The smallest absolute Gasteiger partial charge is 0.275 e. The Morgan fingerprint density at radius 3 is 2.56 bits per heavy atom. The Kier molecular flexibility index (Phi) is 9.16. The Hall–Kier alpha value is -3.15. The molecule has 1 amide bonds. The predicted octanol–water partition coefficient (Wildman–Crippen LogP) is 4.30. The van der Waals surface area contributed by atoms with Crippen molar-refractivity contribution in [2.45, 2.75) is 63.6 Å². The van der Waals surface area contributed by atoms with Gasteiger partial charge in [-0.3, -0.25) is 4.79 Å². The van der Waals surface area contributed by atoms with E-state index in [0.29, 0.717) is 50.2 Å². The van der Waals surface area contributed by atoms with Crippen molar-refractivity contribution in [2.24, 2.45) is 0 Å². The first kappa shape index (κ1) is 29.3. The molecule has 1 unspecified atom stereocenters. The van der Waals surface area contributed by atoms with Crippen LogP contribution in [-0.2, 0) is 16.4 Å². The largest absolute Gasteiger partial charge is 0.331 e. The summed E-state index contributed by atoms with van der Waals surface area (Å²) in [4.78, 5) is 20.6. The Morgan fingerprint density at radius 2 is 1.83 bits per heavy atom. The quantitative estimate of drug-likeness (QED) is 0.391.